The van der Waals surface area contributed by atoms with E-state index >= 15 is 0 Å². The molecule has 0 unspecified atom stereocenters. The zero-order valence-corrected chi connectivity index (χ0v) is 10.9. The van der Waals surface area contributed by atoms with Crippen LogP contribution in [0.25, 0.3) is 17.1 Å². The van der Waals surface area contributed by atoms with Crippen molar-refractivity contribution in [3.05, 3.63) is 48.5 Å². The molecule has 0 amide bonds. The molecule has 1 aromatic heterocycles. The van der Waals surface area contributed by atoms with Gasteiger partial charge in [-0.15, -0.1) is 5.10 Å². The molecule has 0 spiro atoms. The fourth-order valence-corrected chi connectivity index (χ4v) is 1.98. The van der Waals surface area contributed by atoms with Gasteiger partial charge in [0.05, 0.1) is 18.5 Å². The molecule has 0 fully saturated rings. The van der Waals surface area contributed by atoms with Crippen LogP contribution in [-0.2, 0) is 0 Å². The molecule has 100 valence electrons. The van der Waals surface area contributed by atoms with E-state index in [1.807, 2.05) is 36.4 Å². The van der Waals surface area contributed by atoms with Gasteiger partial charge in [-0.1, -0.05) is 18.2 Å². The summed E-state index contributed by atoms with van der Waals surface area (Å²) in [5.74, 6) is 1.26. The van der Waals surface area contributed by atoms with Crippen LogP contribution in [0.1, 0.15) is 0 Å². The van der Waals surface area contributed by atoms with Gasteiger partial charge in [0.1, 0.15) is 5.75 Å². The molecular formula is C14H13N5O. The summed E-state index contributed by atoms with van der Waals surface area (Å²) in [7, 11) is 1.58. The zero-order chi connectivity index (χ0) is 13.9. The molecule has 20 heavy (non-hydrogen) atoms. The Labute approximate surface area is 115 Å². The lowest BCUT2D eigenvalue weighted by Gasteiger charge is -2.07. The fourth-order valence-electron chi connectivity index (χ4n) is 1.98. The van der Waals surface area contributed by atoms with Gasteiger partial charge in [0.15, 0.2) is 5.82 Å². The molecule has 0 saturated carbocycles. The van der Waals surface area contributed by atoms with E-state index in [1.165, 1.54) is 0 Å². The number of anilines is 1. The van der Waals surface area contributed by atoms with Gasteiger partial charge in [-0.05, 0) is 40.8 Å². The molecule has 0 aliphatic heterocycles. The van der Waals surface area contributed by atoms with Gasteiger partial charge < -0.3 is 10.5 Å². The van der Waals surface area contributed by atoms with E-state index in [2.05, 4.69) is 15.5 Å². The Morgan fingerprint density at radius 2 is 1.90 bits per heavy atom. The van der Waals surface area contributed by atoms with Crippen LogP contribution < -0.4 is 10.5 Å². The van der Waals surface area contributed by atoms with Crippen LogP contribution in [0.5, 0.6) is 5.75 Å². The van der Waals surface area contributed by atoms with Gasteiger partial charge in [0.2, 0.25) is 0 Å². The normalized spacial score (nSPS) is 10.4. The smallest absolute Gasteiger partial charge is 0.187 e. The maximum atomic E-state index is 5.92. The van der Waals surface area contributed by atoms with Crippen LogP contribution in [0.2, 0.25) is 0 Å². The number of tetrazole rings is 1. The van der Waals surface area contributed by atoms with Gasteiger partial charge in [-0.2, -0.15) is 4.68 Å². The van der Waals surface area contributed by atoms with Crippen molar-refractivity contribution in [2.75, 3.05) is 12.8 Å². The summed E-state index contributed by atoms with van der Waals surface area (Å²) in [5, 5.41) is 11.8. The summed E-state index contributed by atoms with van der Waals surface area (Å²) in [6, 6.07) is 15.2. The molecule has 0 aliphatic rings. The first-order valence-corrected chi connectivity index (χ1v) is 6.07. The highest BCUT2D eigenvalue weighted by Gasteiger charge is 2.12. The molecular weight excluding hydrogens is 254 g/mol. The molecule has 6 heteroatoms. The first kappa shape index (κ1) is 12.2. The monoisotopic (exact) mass is 267 g/mol. The SMILES string of the molecule is COc1ccc(-c2nnnn2-c2ccccc2)cc1N. The first-order valence-electron chi connectivity index (χ1n) is 6.07. The van der Waals surface area contributed by atoms with E-state index in [-0.39, 0.29) is 0 Å². The second-order valence-electron chi connectivity index (χ2n) is 4.21. The van der Waals surface area contributed by atoms with Crippen LogP contribution in [0.15, 0.2) is 48.5 Å². The molecule has 2 aromatic carbocycles. The predicted molar refractivity (Wildman–Crippen MR) is 75.6 cm³/mol. The summed E-state index contributed by atoms with van der Waals surface area (Å²) in [6.07, 6.45) is 0. The van der Waals surface area contributed by atoms with Crippen molar-refractivity contribution < 1.29 is 4.74 Å². The Bertz CT molecular complexity index is 723. The van der Waals surface area contributed by atoms with Gasteiger partial charge in [0.25, 0.3) is 0 Å². The minimum absolute atomic E-state index is 0.549. The third-order valence-electron chi connectivity index (χ3n) is 2.96. The summed E-state index contributed by atoms with van der Waals surface area (Å²) in [6.45, 7) is 0. The van der Waals surface area contributed by atoms with Crippen LogP contribution >= 0.6 is 0 Å². The molecule has 6 nitrogen and oxygen atoms in total. The minimum Gasteiger partial charge on any atom is -0.495 e. The number of nitrogen functional groups attached to an aromatic ring is 1. The van der Waals surface area contributed by atoms with Crippen molar-refractivity contribution >= 4 is 5.69 Å². The number of aromatic nitrogens is 4. The van der Waals surface area contributed by atoms with Crippen molar-refractivity contribution in [1.29, 1.82) is 0 Å². The highest BCUT2D eigenvalue weighted by atomic mass is 16.5. The summed E-state index contributed by atoms with van der Waals surface area (Å²) < 4.78 is 6.82. The third-order valence-corrected chi connectivity index (χ3v) is 2.96. The van der Waals surface area contributed by atoms with E-state index in [4.69, 9.17) is 10.5 Å². The standard InChI is InChI=1S/C14H13N5O/c1-20-13-8-7-10(9-12(13)15)14-16-17-18-19(14)11-5-3-2-4-6-11/h2-9H,15H2,1H3. The van der Waals surface area contributed by atoms with E-state index in [0.29, 0.717) is 17.3 Å². The third kappa shape index (κ3) is 2.07. The average molecular weight is 267 g/mol. The Morgan fingerprint density at radius 1 is 1.10 bits per heavy atom. The topological polar surface area (TPSA) is 78.9 Å². The summed E-state index contributed by atoms with van der Waals surface area (Å²) in [4.78, 5) is 0. The maximum Gasteiger partial charge on any atom is 0.187 e. The molecule has 0 saturated heterocycles. The highest BCUT2D eigenvalue weighted by molar-refractivity contribution is 5.67. The van der Waals surface area contributed by atoms with Gasteiger partial charge in [0, 0.05) is 5.56 Å². The van der Waals surface area contributed by atoms with Crippen LogP contribution in [-0.4, -0.2) is 27.3 Å². The van der Waals surface area contributed by atoms with E-state index in [1.54, 1.807) is 23.9 Å². The average Bonchev–Trinajstić information content (AvgIpc) is 2.97. The van der Waals surface area contributed by atoms with Crippen molar-refractivity contribution in [3.63, 3.8) is 0 Å². The summed E-state index contributed by atoms with van der Waals surface area (Å²) >= 11 is 0. The number of nitrogens with two attached hydrogens (primary N) is 1. The number of hydrogen-bond donors (Lipinski definition) is 1. The molecule has 0 atom stereocenters. The number of hydrogen-bond acceptors (Lipinski definition) is 5. The Hall–Kier alpha value is -2.89. The Morgan fingerprint density at radius 3 is 2.60 bits per heavy atom. The molecule has 2 N–H and O–H groups in total. The maximum absolute atomic E-state index is 5.92. The number of nitrogens with zero attached hydrogens (tertiary/aromatic N) is 4. The number of benzene rings is 2. The quantitative estimate of drug-likeness (QED) is 0.733. The number of methoxy groups -OCH3 is 1. The lowest BCUT2D eigenvalue weighted by molar-refractivity contribution is 0.417. The van der Waals surface area contributed by atoms with Crippen molar-refractivity contribution in [2.24, 2.45) is 0 Å². The fraction of sp³-hybridized carbons (Fsp3) is 0.0714. The van der Waals surface area contributed by atoms with Crippen LogP contribution in [0.3, 0.4) is 0 Å². The highest BCUT2D eigenvalue weighted by Crippen LogP contribution is 2.27. The molecule has 0 radical (unpaired) electrons. The second kappa shape index (κ2) is 5.00. The molecule has 0 bridgehead atoms. The lowest BCUT2D eigenvalue weighted by atomic mass is 10.1. The first-order chi connectivity index (χ1) is 9.79. The molecule has 3 aromatic rings. The van der Waals surface area contributed by atoms with Crippen LogP contribution in [0, 0.1) is 0 Å². The van der Waals surface area contributed by atoms with Gasteiger partial charge in [-0.25, -0.2) is 0 Å². The van der Waals surface area contributed by atoms with E-state index < -0.39 is 0 Å². The van der Waals surface area contributed by atoms with E-state index in [0.717, 1.165) is 11.3 Å². The van der Waals surface area contributed by atoms with Crippen molar-refractivity contribution in [1.82, 2.24) is 20.2 Å². The molecule has 0 aliphatic carbocycles. The van der Waals surface area contributed by atoms with Crippen molar-refractivity contribution in [2.45, 2.75) is 0 Å². The minimum atomic E-state index is 0.549. The van der Waals surface area contributed by atoms with Crippen molar-refractivity contribution in [3.8, 4) is 22.8 Å². The second-order valence-corrected chi connectivity index (χ2v) is 4.21. The Balaban J connectivity index is 2.08. The molecule has 3 rings (SSSR count). The predicted octanol–water partition coefficient (Wildman–Crippen LogP) is 1.92. The van der Waals surface area contributed by atoms with Crippen LogP contribution in [0.4, 0.5) is 5.69 Å². The summed E-state index contributed by atoms with van der Waals surface area (Å²) in [5.41, 5.74) is 8.19. The largest absolute Gasteiger partial charge is 0.495 e. The van der Waals surface area contributed by atoms with Gasteiger partial charge in [-0.3, -0.25) is 0 Å². The lowest BCUT2D eigenvalue weighted by Crippen LogP contribution is -2.00. The van der Waals surface area contributed by atoms with Gasteiger partial charge >= 0.3 is 0 Å². The number of ether oxygens (including phenoxy) is 1. The Kier molecular flexibility index (Phi) is 3.04. The zero-order valence-electron chi connectivity index (χ0n) is 10.9. The van der Waals surface area contributed by atoms with E-state index in [9.17, 15) is 0 Å². The number of rotatable bonds is 3. The number of para-hydroxylation sites is 1. The molecule has 1 heterocycles.